The Bertz CT molecular complexity index is 613. The van der Waals surface area contributed by atoms with Gasteiger partial charge in [-0.3, -0.25) is 4.79 Å². The number of aromatic nitrogens is 2. The fraction of sp³-hybridized carbons (Fsp3) is 0.188. The number of hydrogen-bond acceptors (Lipinski definition) is 4. The van der Waals surface area contributed by atoms with Gasteiger partial charge in [0.2, 0.25) is 5.95 Å². The summed E-state index contributed by atoms with van der Waals surface area (Å²) in [7, 11) is 0. The molecule has 1 N–H and O–H groups in total. The van der Waals surface area contributed by atoms with Gasteiger partial charge in [0.1, 0.15) is 5.69 Å². The lowest BCUT2D eigenvalue weighted by Crippen LogP contribution is -2.26. The summed E-state index contributed by atoms with van der Waals surface area (Å²) in [5.74, 6) is 0.276. The number of anilines is 2. The van der Waals surface area contributed by atoms with Crippen molar-refractivity contribution in [3.63, 3.8) is 0 Å². The number of nitrogens with zero attached hydrogens (tertiary/aromatic N) is 3. The molecule has 108 valence electrons. The molecule has 1 aromatic heterocycles. The molecular weight excluding hydrogens is 264 g/mol. The van der Waals surface area contributed by atoms with Gasteiger partial charge in [0.05, 0.1) is 0 Å². The molecule has 0 radical (unpaired) electrons. The third kappa shape index (κ3) is 3.66. The van der Waals surface area contributed by atoms with Gasteiger partial charge in [0, 0.05) is 25.0 Å². The van der Waals surface area contributed by atoms with E-state index in [9.17, 15) is 4.79 Å². The lowest BCUT2D eigenvalue weighted by atomic mass is 10.3. The number of rotatable bonds is 6. The first-order valence-corrected chi connectivity index (χ1v) is 6.81. The number of carbonyl (C=O) groups is 1. The fourth-order valence-corrected chi connectivity index (χ4v) is 1.91. The van der Waals surface area contributed by atoms with Gasteiger partial charge in [-0.2, -0.15) is 0 Å². The van der Waals surface area contributed by atoms with Gasteiger partial charge in [-0.25, -0.2) is 9.97 Å². The van der Waals surface area contributed by atoms with Crippen molar-refractivity contribution < 1.29 is 4.79 Å². The van der Waals surface area contributed by atoms with Crippen molar-refractivity contribution in [1.29, 1.82) is 0 Å². The highest BCUT2D eigenvalue weighted by Crippen LogP contribution is 2.20. The molecule has 1 amide bonds. The van der Waals surface area contributed by atoms with E-state index in [1.165, 1.54) is 0 Å². The van der Waals surface area contributed by atoms with Gasteiger partial charge in [-0.15, -0.1) is 6.58 Å². The molecule has 0 saturated carbocycles. The minimum Gasteiger partial charge on any atom is -0.347 e. The average Bonchev–Trinajstić information content (AvgIpc) is 2.54. The monoisotopic (exact) mass is 282 g/mol. The minimum absolute atomic E-state index is 0.234. The summed E-state index contributed by atoms with van der Waals surface area (Å²) < 4.78 is 0. The molecule has 0 unspecified atom stereocenters. The lowest BCUT2D eigenvalue weighted by Gasteiger charge is -2.21. The van der Waals surface area contributed by atoms with Crippen LogP contribution in [-0.4, -0.2) is 29.0 Å². The summed E-state index contributed by atoms with van der Waals surface area (Å²) in [6, 6.07) is 11.4. The molecule has 1 heterocycles. The number of amides is 1. The Balaban J connectivity index is 2.27. The van der Waals surface area contributed by atoms with Crippen molar-refractivity contribution in [2.24, 2.45) is 0 Å². The van der Waals surface area contributed by atoms with Crippen LogP contribution < -0.4 is 10.2 Å². The highest BCUT2D eigenvalue weighted by atomic mass is 16.1. The molecule has 0 aliphatic carbocycles. The van der Waals surface area contributed by atoms with E-state index in [-0.39, 0.29) is 5.91 Å². The van der Waals surface area contributed by atoms with Crippen LogP contribution in [0.3, 0.4) is 0 Å². The highest BCUT2D eigenvalue weighted by molar-refractivity contribution is 5.92. The van der Waals surface area contributed by atoms with Crippen LogP contribution in [0.15, 0.2) is 55.3 Å². The molecule has 0 bridgehead atoms. The molecule has 0 fully saturated rings. The summed E-state index contributed by atoms with van der Waals surface area (Å²) in [5, 5.41) is 2.71. The lowest BCUT2D eigenvalue weighted by molar-refractivity contribution is 0.0953. The molecule has 2 rings (SSSR count). The molecule has 0 atom stereocenters. The maximum absolute atomic E-state index is 11.9. The standard InChI is InChI=1S/C16H18N4O/c1-3-11-17-15(21)14-10-12-18-16(19-14)20(4-2)13-8-6-5-7-9-13/h3,5-10,12H,1,4,11H2,2H3,(H,17,21). The van der Waals surface area contributed by atoms with Gasteiger partial charge in [0.15, 0.2) is 0 Å². The Morgan fingerprint density at radius 2 is 2.10 bits per heavy atom. The quantitative estimate of drug-likeness (QED) is 0.827. The zero-order chi connectivity index (χ0) is 15.1. The Kier molecular flexibility index (Phi) is 5.04. The van der Waals surface area contributed by atoms with Crippen LogP contribution in [0.4, 0.5) is 11.6 Å². The molecule has 5 heteroatoms. The molecule has 1 aromatic carbocycles. The van der Waals surface area contributed by atoms with Gasteiger partial charge < -0.3 is 10.2 Å². The van der Waals surface area contributed by atoms with Crippen LogP contribution in [-0.2, 0) is 0 Å². The van der Waals surface area contributed by atoms with Crippen molar-refractivity contribution in [3.8, 4) is 0 Å². The maximum atomic E-state index is 11.9. The number of carbonyl (C=O) groups excluding carboxylic acids is 1. The summed E-state index contributed by atoms with van der Waals surface area (Å²) >= 11 is 0. The first-order valence-electron chi connectivity index (χ1n) is 6.81. The third-order valence-electron chi connectivity index (χ3n) is 2.91. The van der Waals surface area contributed by atoms with E-state index < -0.39 is 0 Å². The van der Waals surface area contributed by atoms with Gasteiger partial charge in [-0.1, -0.05) is 24.3 Å². The number of benzene rings is 1. The Hall–Kier alpha value is -2.69. The van der Waals surface area contributed by atoms with Crippen LogP contribution in [0.2, 0.25) is 0 Å². The second kappa shape index (κ2) is 7.19. The van der Waals surface area contributed by atoms with Crippen molar-refractivity contribution in [1.82, 2.24) is 15.3 Å². The molecule has 0 saturated heterocycles. The van der Waals surface area contributed by atoms with Crippen LogP contribution >= 0.6 is 0 Å². The highest BCUT2D eigenvalue weighted by Gasteiger charge is 2.13. The van der Waals surface area contributed by atoms with E-state index in [4.69, 9.17) is 0 Å². The normalized spacial score (nSPS) is 9.95. The van der Waals surface area contributed by atoms with Crippen molar-refractivity contribution in [3.05, 3.63) is 60.9 Å². The molecule has 0 aliphatic heterocycles. The van der Waals surface area contributed by atoms with Crippen LogP contribution in [0, 0.1) is 0 Å². The van der Waals surface area contributed by atoms with E-state index in [1.807, 2.05) is 42.2 Å². The van der Waals surface area contributed by atoms with Gasteiger partial charge in [0.25, 0.3) is 5.91 Å². The first-order chi connectivity index (χ1) is 10.3. The molecule has 21 heavy (non-hydrogen) atoms. The number of para-hydroxylation sites is 1. The van der Waals surface area contributed by atoms with Crippen molar-refractivity contribution in [2.75, 3.05) is 18.0 Å². The largest absolute Gasteiger partial charge is 0.347 e. The zero-order valence-electron chi connectivity index (χ0n) is 12.0. The number of nitrogens with one attached hydrogen (secondary N) is 1. The van der Waals surface area contributed by atoms with Crippen molar-refractivity contribution in [2.45, 2.75) is 6.92 Å². The van der Waals surface area contributed by atoms with Crippen LogP contribution in [0.25, 0.3) is 0 Å². The molecule has 0 spiro atoms. The van der Waals surface area contributed by atoms with Crippen molar-refractivity contribution >= 4 is 17.5 Å². The number of hydrogen-bond donors (Lipinski definition) is 1. The predicted octanol–water partition coefficient (Wildman–Crippen LogP) is 2.55. The maximum Gasteiger partial charge on any atom is 0.270 e. The zero-order valence-corrected chi connectivity index (χ0v) is 12.0. The molecule has 0 aliphatic rings. The minimum atomic E-state index is -0.234. The molecule has 2 aromatic rings. The van der Waals surface area contributed by atoms with E-state index in [0.29, 0.717) is 24.7 Å². The Morgan fingerprint density at radius 1 is 1.33 bits per heavy atom. The van der Waals surface area contributed by atoms with E-state index >= 15 is 0 Å². The van der Waals surface area contributed by atoms with E-state index in [2.05, 4.69) is 21.9 Å². The summed E-state index contributed by atoms with van der Waals surface area (Å²) in [5.41, 5.74) is 1.33. The average molecular weight is 282 g/mol. The summed E-state index contributed by atoms with van der Waals surface area (Å²) in [6.45, 7) is 6.71. The third-order valence-corrected chi connectivity index (χ3v) is 2.91. The topological polar surface area (TPSA) is 58.1 Å². The first kappa shape index (κ1) is 14.7. The Labute approximate surface area is 124 Å². The second-order valence-electron chi connectivity index (χ2n) is 4.32. The SMILES string of the molecule is C=CCNC(=O)c1ccnc(N(CC)c2ccccc2)n1. The summed E-state index contributed by atoms with van der Waals surface area (Å²) in [6.07, 6.45) is 3.22. The predicted molar refractivity (Wildman–Crippen MR) is 83.7 cm³/mol. The van der Waals surface area contributed by atoms with Gasteiger partial charge >= 0.3 is 0 Å². The van der Waals surface area contributed by atoms with E-state index in [0.717, 1.165) is 5.69 Å². The molecule has 5 nitrogen and oxygen atoms in total. The fourth-order valence-electron chi connectivity index (χ4n) is 1.91. The Morgan fingerprint density at radius 3 is 2.76 bits per heavy atom. The van der Waals surface area contributed by atoms with Crippen LogP contribution in [0.1, 0.15) is 17.4 Å². The molecular formula is C16H18N4O. The smallest absolute Gasteiger partial charge is 0.270 e. The van der Waals surface area contributed by atoms with Crippen LogP contribution in [0.5, 0.6) is 0 Å². The summed E-state index contributed by atoms with van der Waals surface area (Å²) in [4.78, 5) is 22.5. The second-order valence-corrected chi connectivity index (χ2v) is 4.32. The van der Waals surface area contributed by atoms with Gasteiger partial charge in [-0.05, 0) is 25.1 Å². The van der Waals surface area contributed by atoms with E-state index in [1.54, 1.807) is 18.3 Å².